The zero-order valence-electron chi connectivity index (χ0n) is 4.06. The van der Waals surface area contributed by atoms with Crippen LogP contribution in [-0.2, 0) is 18.3 Å². The van der Waals surface area contributed by atoms with Crippen molar-refractivity contribution in [1.29, 1.82) is 0 Å². The molecule has 0 aliphatic rings. The molecule has 41 valence electrons. The van der Waals surface area contributed by atoms with E-state index < -0.39 is 0 Å². The van der Waals surface area contributed by atoms with Crippen molar-refractivity contribution < 1.29 is 18.3 Å². The van der Waals surface area contributed by atoms with Crippen LogP contribution < -0.4 is 3.47 Å². The van der Waals surface area contributed by atoms with Crippen LogP contribution in [0.4, 0.5) is 0 Å². The van der Waals surface area contributed by atoms with Crippen LogP contribution in [0.5, 0.6) is 0 Å². The second kappa shape index (κ2) is 3.84. The zero-order valence-corrected chi connectivity index (χ0v) is 9.41. The van der Waals surface area contributed by atoms with Crippen LogP contribution in [-0.4, -0.2) is 0 Å². The fraction of sp³-hybridized carbons (Fsp3) is 0. The summed E-state index contributed by atoms with van der Waals surface area (Å²) >= 11 is 8.48. The molecule has 1 heterocycles. The van der Waals surface area contributed by atoms with E-state index in [1.165, 1.54) is 21.8 Å². The Labute approximate surface area is 73.3 Å². The monoisotopic (exact) mass is 217 g/mol. The fourth-order valence-corrected chi connectivity index (χ4v) is 3.04. The van der Waals surface area contributed by atoms with Gasteiger partial charge in [-0.15, -0.1) is 12.4 Å². The average molecular weight is 219 g/mol. The summed E-state index contributed by atoms with van der Waals surface area (Å²) in [7, 11) is 0. The van der Waals surface area contributed by atoms with Crippen molar-refractivity contribution in [2.24, 2.45) is 0 Å². The molecule has 1 rings (SSSR count). The van der Waals surface area contributed by atoms with Crippen LogP contribution in [0.3, 0.4) is 0 Å². The van der Waals surface area contributed by atoms with Crippen molar-refractivity contribution in [2.45, 2.75) is 0 Å². The van der Waals surface area contributed by atoms with Crippen molar-refractivity contribution in [3.63, 3.8) is 0 Å². The molecule has 0 radical (unpaired) electrons. The minimum atomic E-state index is 0. The standard InChI is InChI=1S/C4H2ClS.ClH.Zn/c5-4-2-1-3-6-4;;/h1-2H;1H;. The van der Waals surface area contributed by atoms with E-state index >= 15 is 0 Å². The summed E-state index contributed by atoms with van der Waals surface area (Å²) in [4.78, 5) is 0. The van der Waals surface area contributed by atoms with Crippen LogP contribution in [0, 0.1) is 0 Å². The summed E-state index contributed by atoms with van der Waals surface area (Å²) in [5.41, 5.74) is 0. The van der Waals surface area contributed by atoms with Gasteiger partial charge in [0.15, 0.2) is 0 Å². The molecule has 1 aromatic rings. The fourth-order valence-electron chi connectivity index (χ4n) is 0.352. The van der Waals surface area contributed by atoms with Gasteiger partial charge in [0.25, 0.3) is 0 Å². The molecule has 0 spiro atoms. The molecule has 0 bridgehead atoms. The van der Waals surface area contributed by atoms with E-state index in [1.807, 2.05) is 6.07 Å². The molecule has 0 aromatic carbocycles. The number of thiophene rings is 1. The van der Waals surface area contributed by atoms with Crippen molar-refractivity contribution in [1.82, 2.24) is 0 Å². The van der Waals surface area contributed by atoms with Crippen LogP contribution in [0.2, 0.25) is 4.34 Å². The van der Waals surface area contributed by atoms with Crippen molar-refractivity contribution in [2.75, 3.05) is 0 Å². The zero-order chi connectivity index (χ0) is 5.28. The Kier molecular flexibility index (Phi) is 4.27. The van der Waals surface area contributed by atoms with Gasteiger partial charge < -0.3 is 0 Å². The van der Waals surface area contributed by atoms with Gasteiger partial charge in [0.1, 0.15) is 0 Å². The van der Waals surface area contributed by atoms with E-state index in [4.69, 9.17) is 11.6 Å². The van der Waals surface area contributed by atoms with Crippen molar-refractivity contribution in [3.8, 4) is 0 Å². The topological polar surface area (TPSA) is 0 Å². The quantitative estimate of drug-likeness (QED) is 0.586. The Hall–Kier alpha value is 0.903. The second-order valence-electron chi connectivity index (χ2n) is 1.21. The molecular weight excluding hydrogens is 216 g/mol. The summed E-state index contributed by atoms with van der Waals surface area (Å²) in [6.45, 7) is 0. The average Bonchev–Trinajstić information content (AvgIpc) is 1.87. The molecule has 4 heteroatoms. The number of rotatable bonds is 0. The summed E-state index contributed by atoms with van der Waals surface area (Å²) in [6.07, 6.45) is 0. The molecule has 0 fully saturated rings. The molecule has 0 nitrogen and oxygen atoms in total. The molecule has 0 saturated heterocycles. The first-order valence-corrected chi connectivity index (χ1v) is 4.54. The second-order valence-corrected chi connectivity index (χ2v) is 5.68. The maximum absolute atomic E-state index is 5.60. The first-order valence-electron chi connectivity index (χ1n) is 1.86. The Morgan fingerprint density at radius 3 is 2.25 bits per heavy atom. The summed E-state index contributed by atoms with van der Waals surface area (Å²) in [5, 5.41) is 0. The van der Waals surface area contributed by atoms with Crippen LogP contribution in [0.25, 0.3) is 0 Å². The Morgan fingerprint density at radius 2 is 2.12 bits per heavy atom. The van der Waals surface area contributed by atoms with Gasteiger partial charge in [-0.1, -0.05) is 0 Å². The first-order chi connectivity index (χ1) is 3.29. The Morgan fingerprint density at radius 1 is 1.50 bits per heavy atom. The molecule has 8 heavy (non-hydrogen) atoms. The first kappa shape index (κ1) is 8.90. The molecule has 0 unspecified atom stereocenters. The predicted molar refractivity (Wildman–Crippen MR) is 36.2 cm³/mol. The molecule has 0 aliphatic heterocycles. The molecule has 0 N–H and O–H groups in total. The molecular formula is C4H3Cl2SZn. The third-order valence-electron chi connectivity index (χ3n) is 0.629. The summed E-state index contributed by atoms with van der Waals surface area (Å²) in [6, 6.07) is 4.00. The van der Waals surface area contributed by atoms with E-state index in [0.29, 0.717) is 0 Å². The van der Waals surface area contributed by atoms with E-state index in [-0.39, 0.29) is 12.4 Å². The van der Waals surface area contributed by atoms with Crippen molar-refractivity contribution in [3.05, 3.63) is 16.5 Å². The van der Waals surface area contributed by atoms with Gasteiger partial charge in [-0.3, -0.25) is 0 Å². The van der Waals surface area contributed by atoms with Crippen LogP contribution in [0.1, 0.15) is 0 Å². The molecule has 0 atom stereocenters. The van der Waals surface area contributed by atoms with Gasteiger partial charge in [0, 0.05) is 0 Å². The summed E-state index contributed by atoms with van der Waals surface area (Å²) < 4.78 is 2.30. The number of hydrogen-bond donors (Lipinski definition) is 0. The third kappa shape index (κ3) is 2.45. The maximum atomic E-state index is 5.60. The predicted octanol–water partition coefficient (Wildman–Crippen LogP) is 2.00. The normalized spacial score (nSPS) is 8.38. The number of halogens is 2. The molecule has 0 saturated carbocycles. The van der Waals surface area contributed by atoms with Gasteiger partial charge in [-0.2, -0.15) is 0 Å². The van der Waals surface area contributed by atoms with E-state index in [9.17, 15) is 0 Å². The molecule has 0 amide bonds. The number of hydrogen-bond acceptors (Lipinski definition) is 1. The molecule has 1 aromatic heterocycles. The summed E-state index contributed by atoms with van der Waals surface area (Å²) in [5.74, 6) is 0. The van der Waals surface area contributed by atoms with Gasteiger partial charge >= 0.3 is 61.2 Å². The van der Waals surface area contributed by atoms with Gasteiger partial charge in [0.2, 0.25) is 0 Å². The van der Waals surface area contributed by atoms with Gasteiger partial charge in [-0.05, 0) is 0 Å². The van der Waals surface area contributed by atoms with E-state index in [2.05, 4.69) is 6.07 Å². The van der Waals surface area contributed by atoms with E-state index in [0.717, 1.165) is 4.34 Å². The SMILES string of the molecule is Cl.Clc1cc[c]([Zn])s1. The molecule has 0 aliphatic carbocycles. The Bertz CT molecular complexity index is 146. The van der Waals surface area contributed by atoms with Gasteiger partial charge in [-0.25, -0.2) is 0 Å². The van der Waals surface area contributed by atoms with Crippen LogP contribution >= 0.6 is 35.3 Å². The van der Waals surface area contributed by atoms with E-state index in [1.54, 1.807) is 11.3 Å². The van der Waals surface area contributed by atoms with Gasteiger partial charge in [0.05, 0.1) is 0 Å². The third-order valence-corrected chi connectivity index (χ3v) is 3.12. The van der Waals surface area contributed by atoms with Crippen molar-refractivity contribution >= 4 is 38.8 Å². The minimum absolute atomic E-state index is 0. The van der Waals surface area contributed by atoms with Crippen LogP contribution in [0.15, 0.2) is 12.1 Å². The Balaban J connectivity index is 0.000000490.